The molecule has 0 radical (unpaired) electrons. The summed E-state index contributed by atoms with van der Waals surface area (Å²) < 4.78 is 1.97. The van der Waals surface area contributed by atoms with E-state index in [1.165, 1.54) is 11.8 Å². The van der Waals surface area contributed by atoms with E-state index in [1.807, 2.05) is 79.5 Å². The van der Waals surface area contributed by atoms with Crippen molar-refractivity contribution in [2.45, 2.75) is 51.7 Å². The molecule has 182 valence electrons. The third-order valence-electron chi connectivity index (χ3n) is 7.25. The van der Waals surface area contributed by atoms with E-state index in [-0.39, 0.29) is 5.91 Å². The maximum absolute atomic E-state index is 12.9. The van der Waals surface area contributed by atoms with Crippen molar-refractivity contribution in [3.05, 3.63) is 72.2 Å². The lowest BCUT2D eigenvalue weighted by molar-refractivity contribution is -0.117. The molecule has 4 aromatic rings. The summed E-state index contributed by atoms with van der Waals surface area (Å²) in [6.45, 7) is 5.33. The van der Waals surface area contributed by atoms with E-state index in [2.05, 4.69) is 5.10 Å². The number of carbonyl (C=O) groups excluding carboxylic acids is 1. The van der Waals surface area contributed by atoms with E-state index in [1.54, 1.807) is 4.90 Å². The molecule has 1 fully saturated rings. The lowest BCUT2D eigenvalue weighted by Crippen LogP contribution is -2.53. The first-order valence-corrected chi connectivity index (χ1v) is 12.2. The number of benzene rings is 2. The largest absolute Gasteiger partial charge is 0.465 e. The zero-order valence-corrected chi connectivity index (χ0v) is 20.4. The molecule has 36 heavy (non-hydrogen) atoms. The van der Waals surface area contributed by atoms with E-state index in [4.69, 9.17) is 4.98 Å². The highest BCUT2D eigenvalue weighted by atomic mass is 16.4. The maximum atomic E-state index is 12.9. The summed E-state index contributed by atoms with van der Waals surface area (Å²) in [5.41, 5.74) is 5.19. The zero-order valence-electron chi connectivity index (χ0n) is 20.4. The molecule has 8 heteroatoms. The van der Waals surface area contributed by atoms with Crippen molar-refractivity contribution in [2.75, 3.05) is 9.80 Å². The molecule has 1 unspecified atom stereocenters. The first kappa shape index (κ1) is 22.3. The second kappa shape index (κ2) is 8.19. The summed E-state index contributed by atoms with van der Waals surface area (Å²) in [5.74, 6) is -0.141. The third-order valence-corrected chi connectivity index (χ3v) is 7.25. The number of hydrogen-bond acceptors (Lipinski definition) is 4. The normalized spacial score (nSPS) is 19.4. The summed E-state index contributed by atoms with van der Waals surface area (Å²) in [6.07, 6.45) is 5.00. The molecule has 2 amide bonds. The average Bonchev–Trinajstić information content (AvgIpc) is 3.58. The van der Waals surface area contributed by atoms with Crippen molar-refractivity contribution in [1.29, 1.82) is 0 Å². The minimum atomic E-state index is -1.08. The predicted octanol–water partition coefficient (Wildman–Crippen LogP) is 5.72. The van der Waals surface area contributed by atoms with Gasteiger partial charge in [0.1, 0.15) is 0 Å². The second-order valence-electron chi connectivity index (χ2n) is 9.74. The number of nitrogens with zero attached hydrogens (tertiary/aromatic N) is 5. The molecule has 2 atom stereocenters. The summed E-state index contributed by atoms with van der Waals surface area (Å²) in [5, 5.41) is 15.9. The number of rotatable bonds is 3. The van der Waals surface area contributed by atoms with Gasteiger partial charge in [-0.3, -0.25) is 19.4 Å². The average molecular weight is 482 g/mol. The Morgan fingerprint density at radius 1 is 1.00 bits per heavy atom. The van der Waals surface area contributed by atoms with Crippen LogP contribution >= 0.6 is 0 Å². The molecule has 1 aliphatic heterocycles. The van der Waals surface area contributed by atoms with Crippen LogP contribution in [0.1, 0.15) is 50.0 Å². The lowest BCUT2D eigenvalue weighted by atomic mass is 9.90. The number of amides is 2. The van der Waals surface area contributed by atoms with Gasteiger partial charge in [-0.1, -0.05) is 30.3 Å². The fourth-order valence-electron chi connectivity index (χ4n) is 5.44. The minimum Gasteiger partial charge on any atom is -0.465 e. The van der Waals surface area contributed by atoms with Crippen LogP contribution in [0.15, 0.2) is 60.9 Å². The van der Waals surface area contributed by atoms with Crippen LogP contribution < -0.4 is 9.80 Å². The van der Waals surface area contributed by atoms with Gasteiger partial charge in [-0.05, 0) is 50.5 Å². The fraction of sp³-hybridized carbons (Fsp3) is 0.286. The van der Waals surface area contributed by atoms with Crippen molar-refractivity contribution in [1.82, 2.24) is 14.8 Å². The summed E-state index contributed by atoms with van der Waals surface area (Å²) in [4.78, 5) is 33.6. The molecule has 2 aromatic carbocycles. The molecule has 1 aliphatic carbocycles. The molecule has 6 rings (SSSR count). The van der Waals surface area contributed by atoms with Gasteiger partial charge in [0, 0.05) is 35.3 Å². The first-order chi connectivity index (χ1) is 17.3. The third kappa shape index (κ3) is 3.52. The van der Waals surface area contributed by atoms with Crippen molar-refractivity contribution >= 4 is 34.3 Å². The molecular formula is C28H27N5O3. The number of para-hydroxylation sites is 1. The van der Waals surface area contributed by atoms with Crippen LogP contribution in [0.25, 0.3) is 22.0 Å². The van der Waals surface area contributed by atoms with Gasteiger partial charge < -0.3 is 10.0 Å². The van der Waals surface area contributed by atoms with Crippen LogP contribution in [0.5, 0.6) is 0 Å². The molecule has 0 saturated heterocycles. The number of carboxylic acid groups (broad SMARTS) is 1. The van der Waals surface area contributed by atoms with Crippen molar-refractivity contribution in [3.63, 3.8) is 0 Å². The number of aryl methyl sites for hydroxylation is 1. The van der Waals surface area contributed by atoms with E-state index >= 15 is 0 Å². The molecular weight excluding hydrogens is 454 g/mol. The van der Waals surface area contributed by atoms with Crippen LogP contribution in [0, 0.1) is 6.92 Å². The number of carbonyl (C=O) groups is 2. The van der Waals surface area contributed by atoms with Crippen molar-refractivity contribution in [2.24, 2.45) is 0 Å². The van der Waals surface area contributed by atoms with Crippen LogP contribution in [0.3, 0.4) is 0 Å². The second-order valence-corrected chi connectivity index (χ2v) is 9.74. The van der Waals surface area contributed by atoms with E-state index in [9.17, 15) is 14.7 Å². The molecule has 2 aliphatic rings. The van der Waals surface area contributed by atoms with Gasteiger partial charge in [-0.25, -0.2) is 4.79 Å². The Morgan fingerprint density at radius 2 is 1.81 bits per heavy atom. The van der Waals surface area contributed by atoms with Crippen LogP contribution in [0.2, 0.25) is 0 Å². The molecule has 1 saturated carbocycles. The highest BCUT2D eigenvalue weighted by Crippen LogP contribution is 2.47. The van der Waals surface area contributed by atoms with E-state index < -0.39 is 18.2 Å². The summed E-state index contributed by atoms with van der Waals surface area (Å²) in [6, 6.07) is 14.7. The Labute approximate surface area is 208 Å². The Hall–Kier alpha value is -4.20. The minimum absolute atomic E-state index is 0.141. The topological polar surface area (TPSA) is 91.6 Å². The van der Waals surface area contributed by atoms with Gasteiger partial charge in [0.25, 0.3) is 0 Å². The van der Waals surface area contributed by atoms with Gasteiger partial charge in [0.2, 0.25) is 5.91 Å². The molecule has 3 heterocycles. The number of pyridine rings is 1. The number of aromatic nitrogens is 3. The molecule has 0 spiro atoms. The summed E-state index contributed by atoms with van der Waals surface area (Å²) in [7, 11) is 0. The Morgan fingerprint density at radius 3 is 2.53 bits per heavy atom. The number of anilines is 2. The quantitative estimate of drug-likeness (QED) is 0.404. The molecule has 2 aromatic heterocycles. The van der Waals surface area contributed by atoms with Gasteiger partial charge in [0.15, 0.2) is 0 Å². The number of fused-ring (bicyclic) bond motifs is 2. The Bertz CT molecular complexity index is 1520. The standard InChI is InChI=1S/C28H27N5O3/c1-16-7-8-19-5-4-6-23(26(19)30-16)27-17(2)32(18(3)34)24-12-9-20(13-25(24)33(27)28(35)36)21-14-29-31(15-21)22-10-11-22/h4-9,12-15,17,22,27H,10-11H2,1-3H3,(H,35,36)/t17-,27?/m0/s1. The summed E-state index contributed by atoms with van der Waals surface area (Å²) >= 11 is 0. The highest BCUT2D eigenvalue weighted by molar-refractivity contribution is 6.04. The van der Waals surface area contributed by atoms with E-state index in [0.29, 0.717) is 17.4 Å². The van der Waals surface area contributed by atoms with Crippen molar-refractivity contribution < 1.29 is 14.7 Å². The van der Waals surface area contributed by atoms with Crippen LogP contribution in [-0.2, 0) is 4.79 Å². The van der Waals surface area contributed by atoms with Crippen LogP contribution in [-0.4, -0.2) is 37.9 Å². The van der Waals surface area contributed by atoms with Crippen molar-refractivity contribution in [3.8, 4) is 11.1 Å². The van der Waals surface area contributed by atoms with Gasteiger partial charge in [-0.2, -0.15) is 5.10 Å². The highest BCUT2D eigenvalue weighted by Gasteiger charge is 2.43. The SMILES string of the molecule is CC(=O)N1c2ccc(-c3cnn(C4CC4)c3)cc2N(C(=O)O)C(c2cccc3ccc(C)nc23)[C@@H]1C. The Kier molecular flexibility index (Phi) is 5.07. The zero-order chi connectivity index (χ0) is 25.1. The molecule has 0 bridgehead atoms. The fourth-order valence-corrected chi connectivity index (χ4v) is 5.44. The maximum Gasteiger partial charge on any atom is 0.412 e. The smallest absolute Gasteiger partial charge is 0.412 e. The Balaban J connectivity index is 1.55. The molecule has 8 nitrogen and oxygen atoms in total. The number of hydrogen-bond donors (Lipinski definition) is 1. The van der Waals surface area contributed by atoms with E-state index in [0.717, 1.165) is 46.1 Å². The first-order valence-electron chi connectivity index (χ1n) is 12.2. The van der Waals surface area contributed by atoms with Gasteiger partial charge in [0.05, 0.1) is 41.2 Å². The van der Waals surface area contributed by atoms with Gasteiger partial charge in [-0.15, -0.1) is 0 Å². The molecule has 1 N–H and O–H groups in total. The monoisotopic (exact) mass is 481 g/mol. The predicted molar refractivity (Wildman–Crippen MR) is 138 cm³/mol. The lowest BCUT2D eigenvalue weighted by Gasteiger charge is -2.46. The van der Waals surface area contributed by atoms with Gasteiger partial charge >= 0.3 is 6.09 Å². The van der Waals surface area contributed by atoms with Crippen LogP contribution in [0.4, 0.5) is 16.2 Å².